The van der Waals surface area contributed by atoms with Crippen LogP contribution in [0, 0.1) is 0 Å². The van der Waals surface area contributed by atoms with Crippen LogP contribution in [0.5, 0.6) is 0 Å². The van der Waals surface area contributed by atoms with E-state index < -0.39 is 20.0 Å². The Kier molecular flexibility index (Phi) is 7.84. The van der Waals surface area contributed by atoms with Crippen LogP contribution in [0.2, 0.25) is 0 Å². The molecule has 0 spiro atoms. The lowest BCUT2D eigenvalue weighted by Crippen LogP contribution is -2.31. The highest BCUT2D eigenvalue weighted by molar-refractivity contribution is 7.89. The maximum atomic E-state index is 13.0. The second-order valence-corrected chi connectivity index (χ2v) is 11.2. The Labute approximate surface area is 191 Å². The van der Waals surface area contributed by atoms with E-state index in [0.717, 1.165) is 11.1 Å². The number of hydrogen-bond acceptors (Lipinski definition) is 4. The van der Waals surface area contributed by atoms with Gasteiger partial charge in [0.05, 0.1) is 9.79 Å². The van der Waals surface area contributed by atoms with E-state index in [4.69, 9.17) is 0 Å². The largest absolute Gasteiger partial charge is 0.243 e. The molecular weight excluding hydrogens is 444 g/mol. The van der Waals surface area contributed by atoms with Crippen LogP contribution in [0.15, 0.2) is 94.7 Å². The summed E-state index contributed by atoms with van der Waals surface area (Å²) in [5.41, 5.74) is 1.61. The molecule has 32 heavy (non-hydrogen) atoms. The van der Waals surface area contributed by atoms with E-state index >= 15 is 0 Å². The molecule has 0 aliphatic rings. The molecule has 170 valence electrons. The molecule has 0 aromatic heterocycles. The molecule has 0 unspecified atom stereocenters. The molecule has 6 nitrogen and oxygen atoms in total. The van der Waals surface area contributed by atoms with Crippen LogP contribution in [-0.4, -0.2) is 38.5 Å². The van der Waals surface area contributed by atoms with E-state index in [9.17, 15) is 16.8 Å². The van der Waals surface area contributed by atoms with E-state index in [1.165, 1.54) is 8.61 Å². The molecular formula is C24H28N2O4S2. The third kappa shape index (κ3) is 5.45. The first kappa shape index (κ1) is 24.1. The minimum atomic E-state index is -3.62. The highest BCUT2D eigenvalue weighted by atomic mass is 32.2. The minimum Gasteiger partial charge on any atom is -0.207 e. The molecule has 0 atom stereocenters. The van der Waals surface area contributed by atoms with Gasteiger partial charge in [-0.1, -0.05) is 74.5 Å². The Morgan fingerprint density at radius 2 is 0.938 bits per heavy atom. The van der Waals surface area contributed by atoms with Crippen LogP contribution >= 0.6 is 0 Å². The Balaban J connectivity index is 1.82. The van der Waals surface area contributed by atoms with E-state index in [0.29, 0.717) is 13.1 Å². The fraction of sp³-hybridized carbons (Fsp3) is 0.250. The van der Waals surface area contributed by atoms with Gasteiger partial charge in [0.15, 0.2) is 0 Å². The summed E-state index contributed by atoms with van der Waals surface area (Å²) in [5, 5.41) is 0. The molecule has 0 heterocycles. The Morgan fingerprint density at radius 3 is 1.28 bits per heavy atom. The van der Waals surface area contributed by atoms with Gasteiger partial charge in [-0.15, -0.1) is 0 Å². The van der Waals surface area contributed by atoms with Gasteiger partial charge in [-0.05, 0) is 35.4 Å². The van der Waals surface area contributed by atoms with Crippen LogP contribution < -0.4 is 0 Å². The number of nitrogens with zero attached hydrogens (tertiary/aromatic N) is 2. The predicted octanol–water partition coefficient (Wildman–Crippen LogP) is 4.11. The van der Waals surface area contributed by atoms with E-state index in [1.54, 1.807) is 74.5 Å². The summed E-state index contributed by atoms with van der Waals surface area (Å²) in [6.07, 6.45) is 0. The van der Waals surface area contributed by atoms with Crippen LogP contribution in [0.4, 0.5) is 0 Å². The number of sulfonamides is 2. The molecule has 0 aliphatic carbocycles. The van der Waals surface area contributed by atoms with Gasteiger partial charge in [0.1, 0.15) is 0 Å². The topological polar surface area (TPSA) is 74.8 Å². The molecule has 0 N–H and O–H groups in total. The first-order valence-electron chi connectivity index (χ1n) is 10.5. The van der Waals surface area contributed by atoms with Crippen LogP contribution in [0.3, 0.4) is 0 Å². The lowest BCUT2D eigenvalue weighted by Gasteiger charge is -2.22. The number of rotatable bonds is 10. The first-order valence-corrected chi connectivity index (χ1v) is 13.3. The minimum absolute atomic E-state index is 0.207. The third-order valence-corrected chi connectivity index (χ3v) is 9.05. The summed E-state index contributed by atoms with van der Waals surface area (Å²) in [7, 11) is -7.24. The summed E-state index contributed by atoms with van der Waals surface area (Å²) in [4.78, 5) is 0.508. The van der Waals surface area contributed by atoms with Crippen LogP contribution in [-0.2, 0) is 33.1 Å². The quantitative estimate of drug-likeness (QED) is 0.445. The van der Waals surface area contributed by atoms with E-state index in [2.05, 4.69) is 0 Å². The highest BCUT2D eigenvalue weighted by Crippen LogP contribution is 2.21. The van der Waals surface area contributed by atoms with Crippen molar-refractivity contribution in [3.63, 3.8) is 0 Å². The third-order valence-electron chi connectivity index (χ3n) is 5.18. The molecule has 3 aromatic rings. The number of hydrogen-bond donors (Lipinski definition) is 0. The van der Waals surface area contributed by atoms with Gasteiger partial charge in [-0.2, -0.15) is 8.61 Å². The zero-order valence-corrected chi connectivity index (χ0v) is 19.9. The lowest BCUT2D eigenvalue weighted by molar-refractivity contribution is 0.418. The molecule has 3 rings (SSSR count). The summed E-state index contributed by atoms with van der Waals surface area (Å²) >= 11 is 0. The first-order chi connectivity index (χ1) is 15.3. The van der Waals surface area contributed by atoms with Gasteiger partial charge in [0.25, 0.3) is 0 Å². The van der Waals surface area contributed by atoms with Crippen molar-refractivity contribution in [1.29, 1.82) is 0 Å². The monoisotopic (exact) mass is 472 g/mol. The molecule has 0 bridgehead atoms. The standard InChI is InChI=1S/C24H28N2O4S2/c1-3-25(31(27,28)23-14-7-5-8-15-23)19-21-12-11-13-22(18-21)20-26(4-2)32(29,30)24-16-9-6-10-17-24/h5-18H,3-4,19-20H2,1-2H3. The highest BCUT2D eigenvalue weighted by Gasteiger charge is 2.24. The number of benzene rings is 3. The molecule has 0 saturated heterocycles. The fourth-order valence-electron chi connectivity index (χ4n) is 3.45. The molecule has 0 radical (unpaired) electrons. The lowest BCUT2D eigenvalue weighted by atomic mass is 10.1. The van der Waals surface area contributed by atoms with E-state index in [-0.39, 0.29) is 22.9 Å². The molecule has 0 saturated carbocycles. The van der Waals surface area contributed by atoms with Crippen LogP contribution in [0.25, 0.3) is 0 Å². The molecule has 8 heteroatoms. The molecule has 0 fully saturated rings. The van der Waals surface area contributed by atoms with Gasteiger partial charge in [-0.25, -0.2) is 16.8 Å². The SMILES string of the molecule is CCN(Cc1cccc(CN(CC)S(=O)(=O)c2ccccc2)c1)S(=O)(=O)c1ccccc1. The molecule has 0 amide bonds. The van der Waals surface area contributed by atoms with Gasteiger partial charge in [0, 0.05) is 26.2 Å². The Hall–Kier alpha value is -2.52. The molecule has 3 aromatic carbocycles. The van der Waals surface area contributed by atoms with Gasteiger partial charge in [-0.3, -0.25) is 0 Å². The average molecular weight is 473 g/mol. The van der Waals surface area contributed by atoms with Crippen molar-refractivity contribution in [2.75, 3.05) is 13.1 Å². The summed E-state index contributed by atoms with van der Waals surface area (Å²) in [5.74, 6) is 0. The summed E-state index contributed by atoms with van der Waals surface area (Å²) in [6, 6.07) is 24.1. The average Bonchev–Trinajstić information content (AvgIpc) is 2.82. The van der Waals surface area contributed by atoms with Crippen molar-refractivity contribution >= 4 is 20.0 Å². The van der Waals surface area contributed by atoms with Gasteiger partial charge < -0.3 is 0 Å². The second-order valence-electron chi connectivity index (χ2n) is 7.31. The zero-order chi connectivity index (χ0) is 23.2. The molecule has 0 aliphatic heterocycles. The summed E-state index contributed by atoms with van der Waals surface area (Å²) in [6.45, 7) is 4.67. The van der Waals surface area contributed by atoms with Crippen molar-refractivity contribution in [2.45, 2.75) is 36.7 Å². The van der Waals surface area contributed by atoms with Crippen molar-refractivity contribution in [3.8, 4) is 0 Å². The maximum absolute atomic E-state index is 13.0. The van der Waals surface area contributed by atoms with Gasteiger partial charge >= 0.3 is 0 Å². The Morgan fingerprint density at radius 1 is 0.562 bits per heavy atom. The van der Waals surface area contributed by atoms with Gasteiger partial charge in [0.2, 0.25) is 20.0 Å². The van der Waals surface area contributed by atoms with Crippen molar-refractivity contribution in [1.82, 2.24) is 8.61 Å². The Bertz CT molecular complexity index is 1130. The predicted molar refractivity (Wildman–Crippen MR) is 126 cm³/mol. The summed E-state index contributed by atoms with van der Waals surface area (Å²) < 4.78 is 54.8. The normalized spacial score (nSPS) is 12.4. The van der Waals surface area contributed by atoms with E-state index in [1.807, 2.05) is 24.3 Å². The second kappa shape index (κ2) is 10.4. The fourth-order valence-corrected chi connectivity index (χ4v) is 6.37. The maximum Gasteiger partial charge on any atom is 0.243 e. The van der Waals surface area contributed by atoms with Crippen molar-refractivity contribution < 1.29 is 16.8 Å². The smallest absolute Gasteiger partial charge is 0.207 e. The van der Waals surface area contributed by atoms with Crippen LogP contribution in [0.1, 0.15) is 25.0 Å². The zero-order valence-electron chi connectivity index (χ0n) is 18.3. The van der Waals surface area contributed by atoms with Crippen molar-refractivity contribution in [3.05, 3.63) is 96.1 Å². The van der Waals surface area contributed by atoms with Crippen molar-refractivity contribution in [2.24, 2.45) is 0 Å².